The number of rotatable bonds is 9. The second kappa shape index (κ2) is 10.1. The van der Waals surface area contributed by atoms with Crippen molar-refractivity contribution in [3.8, 4) is 17.2 Å². The number of ketones is 2. The molecule has 0 atom stereocenters. The number of methoxy groups -OCH3 is 2. The van der Waals surface area contributed by atoms with Gasteiger partial charge in [-0.2, -0.15) is 0 Å². The Labute approximate surface area is 170 Å². The lowest BCUT2D eigenvalue weighted by atomic mass is 10.1. The van der Waals surface area contributed by atoms with Crippen molar-refractivity contribution in [2.75, 3.05) is 33.2 Å². The van der Waals surface area contributed by atoms with Gasteiger partial charge < -0.3 is 19.5 Å². The quantitative estimate of drug-likeness (QED) is 0.515. The maximum absolute atomic E-state index is 12.1. The molecular weight excluding hydrogens is 370 g/mol. The minimum atomic E-state index is -0.313. The lowest BCUT2D eigenvalue weighted by Gasteiger charge is -2.16. The van der Waals surface area contributed by atoms with Gasteiger partial charge in [-0.05, 0) is 47.5 Å². The first-order valence-corrected chi connectivity index (χ1v) is 8.98. The zero-order valence-electron chi connectivity index (χ0n) is 17.0. The summed E-state index contributed by atoms with van der Waals surface area (Å²) in [6, 6.07) is 10.3. The highest BCUT2D eigenvalue weighted by atomic mass is 16.5. The number of phenolic OH excluding ortho intramolecular Hbond substituents is 1. The molecule has 152 valence electrons. The zero-order chi connectivity index (χ0) is 21.4. The van der Waals surface area contributed by atoms with Crippen LogP contribution in [0.3, 0.4) is 0 Å². The molecule has 0 bridgehead atoms. The number of benzene rings is 2. The van der Waals surface area contributed by atoms with Gasteiger partial charge in [-0.3, -0.25) is 9.59 Å². The van der Waals surface area contributed by atoms with E-state index in [4.69, 9.17) is 9.47 Å². The molecule has 0 unspecified atom stereocenters. The standard InChI is InChI=1S/C23H25NO5/c1-24(2)20-11-7-16(13-22(20)28-3)5-9-18(25)15-19(26)10-6-17-8-12-21(27)23(14-17)29-4/h5-14,27H,15H2,1-4H3. The van der Waals surface area contributed by atoms with Gasteiger partial charge >= 0.3 is 0 Å². The van der Waals surface area contributed by atoms with E-state index in [0.29, 0.717) is 17.1 Å². The van der Waals surface area contributed by atoms with Gasteiger partial charge in [0.05, 0.1) is 26.3 Å². The van der Waals surface area contributed by atoms with Crippen LogP contribution in [0.2, 0.25) is 0 Å². The number of carbonyl (C=O) groups is 2. The first-order chi connectivity index (χ1) is 13.8. The summed E-state index contributed by atoms with van der Waals surface area (Å²) < 4.78 is 10.4. The van der Waals surface area contributed by atoms with Crippen LogP contribution in [0.1, 0.15) is 17.5 Å². The summed E-state index contributed by atoms with van der Waals surface area (Å²) in [6.07, 6.45) is 5.74. The van der Waals surface area contributed by atoms with Crippen molar-refractivity contribution in [2.24, 2.45) is 0 Å². The predicted molar refractivity (Wildman–Crippen MR) is 115 cm³/mol. The summed E-state index contributed by atoms with van der Waals surface area (Å²) in [5, 5.41) is 9.58. The number of nitrogens with zero attached hydrogens (tertiary/aromatic N) is 1. The maximum Gasteiger partial charge on any atom is 0.163 e. The van der Waals surface area contributed by atoms with Gasteiger partial charge in [0.2, 0.25) is 0 Å². The molecule has 6 heteroatoms. The number of ether oxygens (including phenoxy) is 2. The molecule has 0 saturated carbocycles. The Hall–Kier alpha value is -3.54. The highest BCUT2D eigenvalue weighted by molar-refractivity contribution is 6.10. The summed E-state index contributed by atoms with van der Waals surface area (Å²) in [6.45, 7) is 0. The highest BCUT2D eigenvalue weighted by Gasteiger charge is 2.07. The molecule has 1 N–H and O–H groups in total. The van der Waals surface area contributed by atoms with Gasteiger partial charge in [0.15, 0.2) is 23.1 Å². The van der Waals surface area contributed by atoms with Crippen LogP contribution in [-0.2, 0) is 9.59 Å². The van der Waals surface area contributed by atoms with Gasteiger partial charge in [0.25, 0.3) is 0 Å². The van der Waals surface area contributed by atoms with E-state index in [1.165, 1.54) is 25.3 Å². The third-order valence-electron chi connectivity index (χ3n) is 4.16. The normalized spacial score (nSPS) is 11.0. The molecular formula is C23H25NO5. The van der Waals surface area contributed by atoms with E-state index in [1.54, 1.807) is 31.4 Å². The molecule has 0 saturated heterocycles. The minimum Gasteiger partial charge on any atom is -0.504 e. The van der Waals surface area contributed by atoms with E-state index in [9.17, 15) is 14.7 Å². The van der Waals surface area contributed by atoms with Gasteiger partial charge in [-0.1, -0.05) is 24.3 Å². The molecule has 0 aliphatic rings. The molecule has 6 nitrogen and oxygen atoms in total. The van der Waals surface area contributed by atoms with Crippen LogP contribution in [0.5, 0.6) is 17.2 Å². The van der Waals surface area contributed by atoms with Crippen molar-refractivity contribution in [3.05, 3.63) is 59.7 Å². The Morgan fingerprint density at radius 3 is 1.93 bits per heavy atom. The summed E-state index contributed by atoms with van der Waals surface area (Å²) in [4.78, 5) is 26.0. The van der Waals surface area contributed by atoms with E-state index in [1.807, 2.05) is 37.2 Å². The third-order valence-corrected chi connectivity index (χ3v) is 4.16. The fourth-order valence-electron chi connectivity index (χ4n) is 2.63. The monoisotopic (exact) mass is 395 g/mol. The molecule has 0 aliphatic carbocycles. The molecule has 2 rings (SSSR count). The molecule has 0 amide bonds. The topological polar surface area (TPSA) is 76.1 Å². The van der Waals surface area contributed by atoms with E-state index >= 15 is 0 Å². The Morgan fingerprint density at radius 1 is 0.897 bits per heavy atom. The smallest absolute Gasteiger partial charge is 0.163 e. The van der Waals surface area contributed by atoms with E-state index in [0.717, 1.165) is 11.3 Å². The van der Waals surface area contributed by atoms with Crippen LogP contribution in [0, 0.1) is 0 Å². The van der Waals surface area contributed by atoms with Crippen molar-refractivity contribution in [1.82, 2.24) is 0 Å². The number of carbonyl (C=O) groups excluding carboxylic acids is 2. The predicted octanol–water partition coefficient (Wildman–Crippen LogP) is 3.73. The van der Waals surface area contributed by atoms with E-state index in [2.05, 4.69) is 0 Å². The number of anilines is 1. The highest BCUT2D eigenvalue weighted by Crippen LogP contribution is 2.28. The second-order valence-electron chi connectivity index (χ2n) is 6.53. The number of hydrogen-bond donors (Lipinski definition) is 1. The van der Waals surface area contributed by atoms with Crippen molar-refractivity contribution < 1.29 is 24.2 Å². The van der Waals surface area contributed by atoms with Crippen molar-refractivity contribution >= 4 is 29.4 Å². The lowest BCUT2D eigenvalue weighted by Crippen LogP contribution is -2.10. The molecule has 0 radical (unpaired) electrons. The van der Waals surface area contributed by atoms with Crippen molar-refractivity contribution in [2.45, 2.75) is 6.42 Å². The number of phenols is 1. The molecule has 0 spiro atoms. The fourth-order valence-corrected chi connectivity index (χ4v) is 2.63. The Morgan fingerprint density at radius 2 is 1.41 bits per heavy atom. The van der Waals surface area contributed by atoms with Crippen molar-refractivity contribution in [3.63, 3.8) is 0 Å². The average Bonchev–Trinajstić information content (AvgIpc) is 2.71. The number of allylic oxidation sites excluding steroid dienone is 2. The first-order valence-electron chi connectivity index (χ1n) is 8.98. The van der Waals surface area contributed by atoms with E-state index in [-0.39, 0.29) is 23.7 Å². The first kappa shape index (κ1) is 21.8. The van der Waals surface area contributed by atoms with E-state index < -0.39 is 0 Å². The largest absolute Gasteiger partial charge is 0.504 e. The summed E-state index contributed by atoms with van der Waals surface area (Å²) >= 11 is 0. The zero-order valence-corrected chi connectivity index (χ0v) is 17.0. The number of hydrogen-bond acceptors (Lipinski definition) is 6. The second-order valence-corrected chi connectivity index (χ2v) is 6.53. The van der Waals surface area contributed by atoms with Gasteiger partial charge in [0.1, 0.15) is 5.75 Å². The summed E-state index contributed by atoms with van der Waals surface area (Å²) in [5.41, 5.74) is 2.42. The summed E-state index contributed by atoms with van der Waals surface area (Å²) in [7, 11) is 6.88. The van der Waals surface area contributed by atoms with Crippen LogP contribution in [-0.4, -0.2) is 45.0 Å². The molecule has 0 heterocycles. The van der Waals surface area contributed by atoms with Gasteiger partial charge in [0, 0.05) is 14.1 Å². The molecule has 0 aliphatic heterocycles. The Balaban J connectivity index is 1.98. The lowest BCUT2D eigenvalue weighted by molar-refractivity contribution is -0.121. The Kier molecular flexibility index (Phi) is 7.60. The minimum absolute atomic E-state index is 0.0199. The van der Waals surface area contributed by atoms with Gasteiger partial charge in [-0.25, -0.2) is 0 Å². The maximum atomic E-state index is 12.1. The average molecular weight is 395 g/mol. The SMILES string of the molecule is COc1cc(C=CC(=O)CC(=O)C=Cc2ccc(N(C)C)c(OC)c2)ccc1O. The number of aromatic hydroxyl groups is 1. The summed E-state index contributed by atoms with van der Waals surface area (Å²) in [5.74, 6) is 0.430. The van der Waals surface area contributed by atoms with Crippen LogP contribution in [0.25, 0.3) is 12.2 Å². The van der Waals surface area contributed by atoms with Crippen LogP contribution < -0.4 is 14.4 Å². The van der Waals surface area contributed by atoms with Crippen LogP contribution in [0.15, 0.2) is 48.6 Å². The molecule has 0 aromatic heterocycles. The van der Waals surface area contributed by atoms with Crippen LogP contribution >= 0.6 is 0 Å². The fraction of sp³-hybridized carbons (Fsp3) is 0.217. The molecule has 29 heavy (non-hydrogen) atoms. The van der Waals surface area contributed by atoms with Gasteiger partial charge in [-0.15, -0.1) is 0 Å². The van der Waals surface area contributed by atoms with Crippen LogP contribution in [0.4, 0.5) is 5.69 Å². The molecule has 0 fully saturated rings. The molecule has 2 aromatic rings. The Bertz CT molecular complexity index is 944. The molecule has 2 aromatic carbocycles. The van der Waals surface area contributed by atoms with Crippen molar-refractivity contribution in [1.29, 1.82) is 0 Å². The third kappa shape index (κ3) is 6.24.